The fourth-order valence-corrected chi connectivity index (χ4v) is 3.83. The van der Waals surface area contributed by atoms with Crippen molar-refractivity contribution in [3.8, 4) is 11.5 Å². The summed E-state index contributed by atoms with van der Waals surface area (Å²) < 4.78 is 11.0. The molecule has 0 aliphatic carbocycles. The first-order chi connectivity index (χ1) is 15.5. The monoisotopic (exact) mass is 457 g/mol. The van der Waals surface area contributed by atoms with Gasteiger partial charge in [0.25, 0.3) is 11.8 Å². The summed E-state index contributed by atoms with van der Waals surface area (Å²) in [5, 5.41) is 3.33. The molecule has 168 valence electrons. The van der Waals surface area contributed by atoms with E-state index in [1.807, 2.05) is 0 Å². The summed E-state index contributed by atoms with van der Waals surface area (Å²) in [5.74, 6) is 0.274. The number of hydrogen-bond donors (Lipinski definition) is 1. The highest BCUT2D eigenvalue weighted by atomic mass is 35.5. The van der Waals surface area contributed by atoms with Crippen LogP contribution in [0.4, 0.5) is 11.4 Å². The van der Waals surface area contributed by atoms with Crippen LogP contribution in [0.15, 0.2) is 42.5 Å². The predicted octanol–water partition coefficient (Wildman–Crippen LogP) is 3.10. The zero-order valence-corrected chi connectivity index (χ0v) is 18.3. The average Bonchev–Trinajstić information content (AvgIpc) is 2.81. The first-order valence-electron chi connectivity index (χ1n) is 10.5. The van der Waals surface area contributed by atoms with E-state index in [0.29, 0.717) is 41.0 Å². The molecule has 0 atom stereocenters. The molecule has 4 rings (SSSR count). The maximum absolute atomic E-state index is 12.7. The van der Waals surface area contributed by atoms with E-state index >= 15 is 0 Å². The highest BCUT2D eigenvalue weighted by molar-refractivity contribution is 6.30. The molecule has 1 fully saturated rings. The van der Waals surface area contributed by atoms with Crippen LogP contribution in [0.25, 0.3) is 0 Å². The van der Waals surface area contributed by atoms with E-state index in [2.05, 4.69) is 5.32 Å². The van der Waals surface area contributed by atoms with Gasteiger partial charge in [-0.3, -0.25) is 19.3 Å². The van der Waals surface area contributed by atoms with Crippen molar-refractivity contribution in [2.24, 2.45) is 0 Å². The van der Waals surface area contributed by atoms with E-state index in [9.17, 15) is 14.4 Å². The van der Waals surface area contributed by atoms with Gasteiger partial charge in [-0.25, -0.2) is 0 Å². The lowest BCUT2D eigenvalue weighted by Crippen LogP contribution is -2.47. The molecular formula is C23H24ClN3O5. The molecule has 2 aliphatic rings. The second kappa shape index (κ2) is 9.91. The molecule has 2 aliphatic heterocycles. The maximum Gasteiger partial charge on any atom is 0.265 e. The third-order valence-electron chi connectivity index (χ3n) is 5.37. The molecule has 0 unspecified atom stereocenters. The third kappa shape index (κ3) is 5.31. The maximum atomic E-state index is 12.7. The summed E-state index contributed by atoms with van der Waals surface area (Å²) in [5.41, 5.74) is 0.935. The van der Waals surface area contributed by atoms with E-state index in [1.165, 1.54) is 4.90 Å². The lowest BCUT2D eigenvalue weighted by Gasteiger charge is -2.33. The van der Waals surface area contributed by atoms with Crippen LogP contribution in [0.5, 0.6) is 11.5 Å². The van der Waals surface area contributed by atoms with Gasteiger partial charge >= 0.3 is 0 Å². The van der Waals surface area contributed by atoms with Gasteiger partial charge in [0.2, 0.25) is 5.91 Å². The molecule has 2 heterocycles. The Bertz CT molecular complexity index is 1010. The number of halogens is 1. The molecule has 3 amide bonds. The van der Waals surface area contributed by atoms with E-state index in [-0.39, 0.29) is 37.5 Å². The van der Waals surface area contributed by atoms with Gasteiger partial charge in [0, 0.05) is 23.8 Å². The first-order valence-corrected chi connectivity index (χ1v) is 10.9. The fourth-order valence-electron chi connectivity index (χ4n) is 3.71. The van der Waals surface area contributed by atoms with Gasteiger partial charge in [0.1, 0.15) is 18.0 Å². The lowest BCUT2D eigenvalue weighted by molar-refractivity contribution is -0.132. The van der Waals surface area contributed by atoms with Gasteiger partial charge in [-0.15, -0.1) is 0 Å². The number of hydrogen-bond acceptors (Lipinski definition) is 5. The van der Waals surface area contributed by atoms with Crippen molar-refractivity contribution in [3.63, 3.8) is 0 Å². The summed E-state index contributed by atoms with van der Waals surface area (Å²) in [6.45, 7) is 1.07. The van der Waals surface area contributed by atoms with Gasteiger partial charge in [0.15, 0.2) is 13.2 Å². The molecule has 0 bridgehead atoms. The molecule has 2 aromatic carbocycles. The second-order valence-corrected chi connectivity index (χ2v) is 8.12. The SMILES string of the molecule is O=C(COc1ccc(Cl)cc1)Nc1ccc2c(c1)N(CC(=O)N1CCCCC1)C(=O)CO2. The number of likely N-dealkylation sites (tertiary alicyclic amines) is 1. The Morgan fingerprint density at radius 1 is 1.06 bits per heavy atom. The molecule has 8 nitrogen and oxygen atoms in total. The van der Waals surface area contributed by atoms with Gasteiger partial charge in [-0.05, 0) is 61.7 Å². The molecular weight excluding hydrogens is 434 g/mol. The molecule has 9 heteroatoms. The molecule has 32 heavy (non-hydrogen) atoms. The van der Waals surface area contributed by atoms with E-state index in [1.54, 1.807) is 47.4 Å². The summed E-state index contributed by atoms with van der Waals surface area (Å²) in [6.07, 6.45) is 3.08. The Hall–Kier alpha value is -3.26. The van der Waals surface area contributed by atoms with Crippen LogP contribution >= 0.6 is 11.6 Å². The van der Waals surface area contributed by atoms with Crippen molar-refractivity contribution in [3.05, 3.63) is 47.5 Å². The minimum absolute atomic E-state index is 0.0493. The number of rotatable bonds is 6. The minimum atomic E-state index is -0.362. The number of anilines is 2. The molecule has 0 saturated carbocycles. The molecule has 0 radical (unpaired) electrons. The van der Waals surface area contributed by atoms with Crippen molar-refractivity contribution in [1.29, 1.82) is 0 Å². The fraction of sp³-hybridized carbons (Fsp3) is 0.348. The molecule has 1 saturated heterocycles. The van der Waals surface area contributed by atoms with Crippen LogP contribution < -0.4 is 19.7 Å². The summed E-state index contributed by atoms with van der Waals surface area (Å²) >= 11 is 5.84. The topological polar surface area (TPSA) is 88.2 Å². The number of amides is 3. The smallest absolute Gasteiger partial charge is 0.265 e. The lowest BCUT2D eigenvalue weighted by atomic mass is 10.1. The normalized spacial score (nSPS) is 15.6. The first kappa shape index (κ1) is 22.0. The number of ether oxygens (including phenoxy) is 2. The van der Waals surface area contributed by atoms with Crippen LogP contribution in [-0.4, -0.2) is 55.5 Å². The Morgan fingerprint density at radius 2 is 1.81 bits per heavy atom. The van der Waals surface area contributed by atoms with Gasteiger partial charge in [-0.2, -0.15) is 0 Å². The third-order valence-corrected chi connectivity index (χ3v) is 5.62. The van der Waals surface area contributed by atoms with E-state index in [0.717, 1.165) is 19.3 Å². The molecule has 0 aromatic heterocycles. The van der Waals surface area contributed by atoms with Gasteiger partial charge < -0.3 is 19.7 Å². The number of carbonyl (C=O) groups excluding carboxylic acids is 3. The van der Waals surface area contributed by atoms with Crippen LogP contribution in [0, 0.1) is 0 Å². The quantitative estimate of drug-likeness (QED) is 0.720. The van der Waals surface area contributed by atoms with Crippen LogP contribution in [0.1, 0.15) is 19.3 Å². The van der Waals surface area contributed by atoms with Crippen molar-refractivity contribution < 1.29 is 23.9 Å². The van der Waals surface area contributed by atoms with Crippen LogP contribution in [-0.2, 0) is 14.4 Å². The summed E-state index contributed by atoms with van der Waals surface area (Å²) in [7, 11) is 0. The van der Waals surface area contributed by atoms with Crippen molar-refractivity contribution in [2.75, 3.05) is 43.1 Å². The second-order valence-electron chi connectivity index (χ2n) is 7.68. The van der Waals surface area contributed by atoms with Gasteiger partial charge in [0.05, 0.1) is 5.69 Å². The van der Waals surface area contributed by atoms with Crippen LogP contribution in [0.3, 0.4) is 0 Å². The Labute approximate surface area is 191 Å². The standard InChI is InChI=1S/C23H24ClN3O5/c24-16-4-7-18(8-5-16)31-14-21(28)25-17-6-9-20-19(12-17)27(23(30)15-32-20)13-22(29)26-10-2-1-3-11-26/h4-9,12H,1-3,10-11,13-15H2,(H,25,28). The Kier molecular flexibility index (Phi) is 6.80. The van der Waals surface area contributed by atoms with Crippen molar-refractivity contribution >= 4 is 40.7 Å². The summed E-state index contributed by atoms with van der Waals surface area (Å²) in [6, 6.07) is 11.7. The number of piperidine rings is 1. The molecule has 2 aromatic rings. The Balaban J connectivity index is 1.42. The van der Waals surface area contributed by atoms with E-state index in [4.69, 9.17) is 21.1 Å². The zero-order valence-electron chi connectivity index (χ0n) is 17.5. The molecule has 0 spiro atoms. The highest BCUT2D eigenvalue weighted by Gasteiger charge is 2.29. The van der Waals surface area contributed by atoms with E-state index < -0.39 is 0 Å². The predicted molar refractivity (Wildman–Crippen MR) is 120 cm³/mol. The van der Waals surface area contributed by atoms with Crippen LogP contribution in [0.2, 0.25) is 5.02 Å². The zero-order chi connectivity index (χ0) is 22.5. The highest BCUT2D eigenvalue weighted by Crippen LogP contribution is 2.34. The number of fused-ring (bicyclic) bond motifs is 1. The largest absolute Gasteiger partial charge is 0.484 e. The van der Waals surface area contributed by atoms with Crippen molar-refractivity contribution in [2.45, 2.75) is 19.3 Å². The van der Waals surface area contributed by atoms with Crippen molar-refractivity contribution in [1.82, 2.24) is 4.90 Å². The number of nitrogens with zero attached hydrogens (tertiary/aromatic N) is 2. The number of nitrogens with one attached hydrogen (secondary N) is 1. The van der Waals surface area contributed by atoms with Gasteiger partial charge in [-0.1, -0.05) is 11.6 Å². The summed E-state index contributed by atoms with van der Waals surface area (Å²) in [4.78, 5) is 40.8. The number of benzene rings is 2. The minimum Gasteiger partial charge on any atom is -0.484 e. The molecule has 1 N–H and O–H groups in total. The average molecular weight is 458 g/mol. The Morgan fingerprint density at radius 3 is 2.56 bits per heavy atom. The number of carbonyl (C=O) groups is 3.